The van der Waals surface area contributed by atoms with Gasteiger partial charge in [-0.2, -0.15) is 17.0 Å². The van der Waals surface area contributed by atoms with Crippen molar-refractivity contribution in [3.05, 3.63) is 42.5 Å². The molecule has 0 saturated carbocycles. The van der Waals surface area contributed by atoms with E-state index in [9.17, 15) is 13.2 Å². The van der Waals surface area contributed by atoms with Gasteiger partial charge in [0.25, 0.3) is 10.2 Å². The Bertz CT molecular complexity index is 877. The summed E-state index contributed by atoms with van der Waals surface area (Å²) in [6, 6.07) is 7.53. The number of carbonyl (C=O) groups is 1. The number of amides is 2. The Kier molecular flexibility index (Phi) is 10.2. The number of rotatable bonds is 10. The van der Waals surface area contributed by atoms with Crippen LogP contribution in [0.3, 0.4) is 0 Å². The summed E-state index contributed by atoms with van der Waals surface area (Å²) >= 11 is 0. The Morgan fingerprint density at radius 2 is 1.65 bits per heavy atom. The summed E-state index contributed by atoms with van der Waals surface area (Å²) in [5.41, 5.74) is 1.02. The maximum absolute atomic E-state index is 13.0. The van der Waals surface area contributed by atoms with E-state index in [0.29, 0.717) is 65.5 Å². The van der Waals surface area contributed by atoms with Crippen LogP contribution in [-0.2, 0) is 16.8 Å². The minimum Gasteiger partial charge on any atom is -0.490 e. The van der Waals surface area contributed by atoms with Gasteiger partial charge in [0.05, 0.1) is 0 Å². The van der Waals surface area contributed by atoms with Gasteiger partial charge in [-0.1, -0.05) is 37.6 Å². The third-order valence-corrected chi connectivity index (χ3v) is 8.35. The van der Waals surface area contributed by atoms with Gasteiger partial charge in [0.2, 0.25) is 0 Å². The van der Waals surface area contributed by atoms with Crippen LogP contribution >= 0.6 is 0 Å². The number of carbonyl (C=O) groups excluding carboxylic acids is 1. The van der Waals surface area contributed by atoms with Crippen LogP contribution in [0.25, 0.3) is 0 Å². The van der Waals surface area contributed by atoms with Gasteiger partial charge in [-0.3, -0.25) is 4.90 Å². The minimum absolute atomic E-state index is 0.130. The molecule has 0 spiro atoms. The van der Waals surface area contributed by atoms with Gasteiger partial charge in [0.1, 0.15) is 12.4 Å². The van der Waals surface area contributed by atoms with Crippen molar-refractivity contribution in [3.8, 4) is 5.75 Å². The van der Waals surface area contributed by atoms with Crippen molar-refractivity contribution in [3.63, 3.8) is 0 Å². The second-order valence-corrected chi connectivity index (χ2v) is 10.8. The third kappa shape index (κ3) is 7.69. The predicted octanol–water partition coefficient (Wildman–Crippen LogP) is 2.13. The fourth-order valence-corrected chi connectivity index (χ4v) is 5.94. The van der Waals surface area contributed by atoms with Crippen LogP contribution < -0.4 is 10.1 Å². The zero-order chi connectivity index (χ0) is 24.4. The Morgan fingerprint density at radius 3 is 2.26 bits per heavy atom. The number of piperazine rings is 1. The molecule has 9 nitrogen and oxygen atoms in total. The lowest BCUT2D eigenvalue weighted by Gasteiger charge is -2.36. The lowest BCUT2D eigenvalue weighted by Crippen LogP contribution is -2.54. The Morgan fingerprint density at radius 1 is 1.03 bits per heavy atom. The Hall–Kier alpha value is -2.14. The molecule has 1 aromatic rings. The predicted molar refractivity (Wildman–Crippen MR) is 134 cm³/mol. The SMILES string of the molecule is C=CCOc1ccc(CN(C)C(=O)NCCN2CCN(S(=O)(=O)N3CCCCCC3)CC2)cc1. The molecule has 10 heteroatoms. The highest BCUT2D eigenvalue weighted by atomic mass is 32.2. The van der Waals surface area contributed by atoms with Gasteiger partial charge in [-0.25, -0.2) is 4.79 Å². The lowest BCUT2D eigenvalue weighted by molar-refractivity contribution is 0.177. The highest BCUT2D eigenvalue weighted by Crippen LogP contribution is 2.18. The fourth-order valence-electron chi connectivity index (χ4n) is 4.27. The average molecular weight is 494 g/mol. The first kappa shape index (κ1) is 26.5. The van der Waals surface area contributed by atoms with Crippen molar-refractivity contribution >= 4 is 16.2 Å². The van der Waals surface area contributed by atoms with E-state index in [0.717, 1.165) is 37.0 Å². The maximum Gasteiger partial charge on any atom is 0.317 e. The monoisotopic (exact) mass is 493 g/mol. The lowest BCUT2D eigenvalue weighted by atomic mass is 10.2. The van der Waals surface area contributed by atoms with Gasteiger partial charge in [-0.05, 0) is 30.5 Å². The largest absolute Gasteiger partial charge is 0.490 e. The Balaban J connectivity index is 1.35. The molecule has 0 aliphatic carbocycles. The van der Waals surface area contributed by atoms with E-state index in [1.165, 1.54) is 0 Å². The van der Waals surface area contributed by atoms with E-state index in [2.05, 4.69) is 16.8 Å². The topological polar surface area (TPSA) is 85.4 Å². The van der Waals surface area contributed by atoms with Crippen molar-refractivity contribution in [2.45, 2.75) is 32.2 Å². The van der Waals surface area contributed by atoms with Crippen molar-refractivity contribution in [2.75, 3.05) is 66.0 Å². The highest BCUT2D eigenvalue weighted by Gasteiger charge is 2.32. The molecule has 2 aliphatic heterocycles. The smallest absolute Gasteiger partial charge is 0.317 e. The average Bonchev–Trinajstić information content (AvgIpc) is 3.14. The van der Waals surface area contributed by atoms with E-state index >= 15 is 0 Å². The van der Waals surface area contributed by atoms with Crippen LogP contribution in [0.1, 0.15) is 31.2 Å². The minimum atomic E-state index is -3.36. The molecule has 0 bridgehead atoms. The van der Waals surface area contributed by atoms with Crippen molar-refractivity contribution < 1.29 is 17.9 Å². The highest BCUT2D eigenvalue weighted by molar-refractivity contribution is 7.86. The third-order valence-electron chi connectivity index (χ3n) is 6.31. The summed E-state index contributed by atoms with van der Waals surface area (Å²) in [6.07, 6.45) is 5.81. The molecule has 0 aromatic heterocycles. The molecule has 190 valence electrons. The molecule has 2 heterocycles. The molecule has 3 rings (SSSR count). The number of nitrogens with zero attached hydrogens (tertiary/aromatic N) is 4. The summed E-state index contributed by atoms with van der Waals surface area (Å²) in [5, 5.41) is 2.96. The van der Waals surface area contributed by atoms with Gasteiger partial charge in [0.15, 0.2) is 0 Å². The summed E-state index contributed by atoms with van der Waals surface area (Å²) in [5.74, 6) is 0.773. The van der Waals surface area contributed by atoms with E-state index in [-0.39, 0.29) is 6.03 Å². The van der Waals surface area contributed by atoms with Crippen molar-refractivity contribution in [1.29, 1.82) is 0 Å². The van der Waals surface area contributed by atoms with Crippen LogP contribution in [0.4, 0.5) is 4.79 Å². The number of benzene rings is 1. The molecule has 0 atom stereocenters. The molecule has 0 unspecified atom stereocenters. The summed E-state index contributed by atoms with van der Waals surface area (Å²) in [4.78, 5) is 16.3. The number of urea groups is 1. The second-order valence-electron chi connectivity index (χ2n) is 8.89. The quantitative estimate of drug-likeness (QED) is 0.505. The van der Waals surface area contributed by atoms with Crippen molar-refractivity contribution in [2.24, 2.45) is 0 Å². The fraction of sp³-hybridized carbons (Fsp3) is 0.625. The molecule has 2 aliphatic rings. The molecule has 0 radical (unpaired) electrons. The van der Waals surface area contributed by atoms with Crippen LogP contribution in [0.5, 0.6) is 5.75 Å². The molecule has 2 fully saturated rings. The van der Waals surface area contributed by atoms with Crippen molar-refractivity contribution in [1.82, 2.24) is 23.7 Å². The first-order valence-corrected chi connectivity index (χ1v) is 13.6. The van der Waals surface area contributed by atoms with Gasteiger partial charge in [-0.15, -0.1) is 0 Å². The summed E-state index contributed by atoms with van der Waals surface area (Å²) in [7, 11) is -1.60. The first-order valence-electron chi connectivity index (χ1n) is 12.2. The Labute approximate surface area is 204 Å². The maximum atomic E-state index is 13.0. The van der Waals surface area contributed by atoms with E-state index < -0.39 is 10.2 Å². The van der Waals surface area contributed by atoms with Gasteiger partial charge in [0, 0.05) is 66.0 Å². The zero-order valence-corrected chi connectivity index (χ0v) is 21.1. The molecule has 2 amide bonds. The van der Waals surface area contributed by atoms with Crippen LogP contribution in [0, 0.1) is 0 Å². The molecule has 2 saturated heterocycles. The molecule has 1 aromatic carbocycles. The molecular formula is C24H39N5O4S. The van der Waals surface area contributed by atoms with Crippen LogP contribution in [0.15, 0.2) is 36.9 Å². The number of nitrogens with one attached hydrogen (secondary N) is 1. The number of hydrogen-bond donors (Lipinski definition) is 1. The first-order chi connectivity index (χ1) is 16.4. The van der Waals surface area contributed by atoms with E-state index in [4.69, 9.17) is 4.74 Å². The molecular weight excluding hydrogens is 454 g/mol. The van der Waals surface area contributed by atoms with Gasteiger partial charge >= 0.3 is 6.03 Å². The normalized spacial score (nSPS) is 18.7. The van der Waals surface area contributed by atoms with E-state index in [1.54, 1.807) is 26.6 Å². The van der Waals surface area contributed by atoms with Crippen LogP contribution in [-0.4, -0.2) is 98.9 Å². The molecule has 1 N–H and O–H groups in total. The van der Waals surface area contributed by atoms with Crippen LogP contribution in [0.2, 0.25) is 0 Å². The summed E-state index contributed by atoms with van der Waals surface area (Å²) < 4.78 is 34.7. The second kappa shape index (κ2) is 13.1. The standard InChI is InChI=1S/C24H39N5O4S/c1-3-20-33-23-10-8-22(9-11-23)21-26(2)24(30)25-12-15-27-16-18-29(19-17-27)34(31,32)28-13-6-4-5-7-14-28/h3,8-11H,1,4-7,12-21H2,2H3,(H,25,30). The van der Waals surface area contributed by atoms with Gasteiger partial charge < -0.3 is 15.0 Å². The zero-order valence-electron chi connectivity index (χ0n) is 20.3. The summed E-state index contributed by atoms with van der Waals surface area (Å²) in [6.45, 7) is 9.45. The number of hydrogen-bond acceptors (Lipinski definition) is 5. The van der Waals surface area contributed by atoms with E-state index in [1.807, 2.05) is 24.3 Å². The molecule has 34 heavy (non-hydrogen) atoms. The number of ether oxygens (including phenoxy) is 1.